The van der Waals surface area contributed by atoms with Crippen molar-refractivity contribution in [3.63, 3.8) is 0 Å². The zero-order valence-corrected chi connectivity index (χ0v) is 7.68. The molecule has 3 N–H and O–H groups in total. The van der Waals surface area contributed by atoms with Gasteiger partial charge in [0.1, 0.15) is 0 Å². The molecule has 0 radical (unpaired) electrons. The summed E-state index contributed by atoms with van der Waals surface area (Å²) in [4.78, 5) is 0. The van der Waals surface area contributed by atoms with Crippen LogP contribution in [0.25, 0.3) is 0 Å². The van der Waals surface area contributed by atoms with Crippen LogP contribution in [-0.2, 0) is 5.48 Å². The third-order valence-electron chi connectivity index (χ3n) is 0. The molecule has 0 rings (SSSR count). The molecule has 0 bridgehead atoms. The van der Waals surface area contributed by atoms with Crippen molar-refractivity contribution in [2.24, 2.45) is 0 Å². The van der Waals surface area contributed by atoms with E-state index < -0.39 is 0 Å². The minimum Gasteiger partial charge on any atom is -2.00 e. The molecule has 0 aromatic rings. The van der Waals surface area contributed by atoms with Gasteiger partial charge in [0.15, 0.2) is 0 Å². The van der Waals surface area contributed by atoms with Crippen LogP contribution in [0.1, 0.15) is 0 Å². The standard InChI is InChI=1S/La.2H2O.O.H3P/h;2*1H2;;1H3/q+3;;;-2;/p-1. The van der Waals surface area contributed by atoms with Gasteiger partial charge in [-0.1, -0.05) is 0 Å². The van der Waals surface area contributed by atoms with Gasteiger partial charge in [0.05, 0.1) is 0 Å². The number of hydrogen-bond donors (Lipinski definition) is 0. The van der Waals surface area contributed by atoms with E-state index in [9.17, 15) is 0 Å². The fourth-order valence-corrected chi connectivity index (χ4v) is 0. The Morgan fingerprint density at radius 1 is 1.00 bits per heavy atom. The largest absolute Gasteiger partial charge is 3.00 e. The quantitative estimate of drug-likeness (QED) is 0.482. The van der Waals surface area contributed by atoms with Crippen LogP contribution in [0, 0.1) is 35.6 Å². The third kappa shape index (κ3) is 29.9. The Morgan fingerprint density at radius 3 is 1.00 bits per heavy atom. The first-order valence-electron chi connectivity index (χ1n) is 0. The first-order chi connectivity index (χ1) is 0. The van der Waals surface area contributed by atoms with Crippen LogP contribution in [0.15, 0.2) is 0 Å². The molecule has 5 heteroatoms. The SMILES string of the molecule is O.P.[La+3].[O-2].[OH-]. The van der Waals surface area contributed by atoms with Crippen molar-refractivity contribution >= 4 is 9.90 Å². The van der Waals surface area contributed by atoms with Gasteiger partial charge >= 0.3 is 35.6 Å². The average molecular weight is 224 g/mol. The van der Waals surface area contributed by atoms with Crippen LogP contribution in [0.4, 0.5) is 0 Å². The molecular weight excluding hydrogens is 218 g/mol. The van der Waals surface area contributed by atoms with Crippen LogP contribution in [0.3, 0.4) is 0 Å². The van der Waals surface area contributed by atoms with Gasteiger partial charge in [-0.15, -0.1) is 0 Å². The molecule has 32 valence electrons. The summed E-state index contributed by atoms with van der Waals surface area (Å²) in [7, 11) is 0. The zero-order valence-electron chi connectivity index (χ0n) is 2.64. The predicted octanol–water partition coefficient (Wildman–Crippen LogP) is -1.06. The Morgan fingerprint density at radius 2 is 1.00 bits per heavy atom. The van der Waals surface area contributed by atoms with E-state index in [2.05, 4.69) is 0 Å². The van der Waals surface area contributed by atoms with Crippen molar-refractivity contribution in [2.45, 2.75) is 0 Å². The maximum atomic E-state index is 0. The molecule has 0 aliphatic rings. The van der Waals surface area contributed by atoms with Gasteiger partial charge < -0.3 is 16.4 Å². The average Bonchev–Trinajstić information content (AvgIpc) is 0. The summed E-state index contributed by atoms with van der Waals surface area (Å²) in [5, 5.41) is 0. The fraction of sp³-hybridized carbons (Fsp3) is 0. The Hall–Kier alpha value is 1.50. The monoisotopic (exact) mass is 224 g/mol. The summed E-state index contributed by atoms with van der Waals surface area (Å²) < 4.78 is 0. The first kappa shape index (κ1) is 87.0. The van der Waals surface area contributed by atoms with Crippen LogP contribution in [-0.4, -0.2) is 11.0 Å². The zero-order chi connectivity index (χ0) is 0. The summed E-state index contributed by atoms with van der Waals surface area (Å²) in [5.74, 6) is 0. The molecule has 0 fully saturated rings. The number of rotatable bonds is 0. The van der Waals surface area contributed by atoms with E-state index in [1.54, 1.807) is 0 Å². The van der Waals surface area contributed by atoms with E-state index in [4.69, 9.17) is 0 Å². The topological polar surface area (TPSA) is 90.0 Å². The molecule has 0 spiro atoms. The van der Waals surface area contributed by atoms with E-state index in [1.165, 1.54) is 0 Å². The normalized spacial score (nSPS) is 0. The summed E-state index contributed by atoms with van der Waals surface area (Å²) in [6.07, 6.45) is 0. The van der Waals surface area contributed by atoms with Crippen LogP contribution >= 0.6 is 9.90 Å². The van der Waals surface area contributed by atoms with Crippen molar-refractivity contribution in [2.75, 3.05) is 0 Å². The molecule has 1 atom stereocenters. The molecule has 0 aliphatic heterocycles. The summed E-state index contributed by atoms with van der Waals surface area (Å²) >= 11 is 0. The van der Waals surface area contributed by atoms with Gasteiger partial charge in [-0.05, 0) is 0 Å². The fourth-order valence-electron chi connectivity index (χ4n) is 0. The van der Waals surface area contributed by atoms with E-state index in [0.717, 1.165) is 0 Å². The van der Waals surface area contributed by atoms with Gasteiger partial charge in [0.25, 0.3) is 0 Å². The number of hydrogen-bond acceptors (Lipinski definition) is 1. The van der Waals surface area contributed by atoms with Gasteiger partial charge in [-0.3, -0.25) is 0 Å². The second-order valence-electron chi connectivity index (χ2n) is 0. The third-order valence-corrected chi connectivity index (χ3v) is 0. The van der Waals surface area contributed by atoms with Gasteiger partial charge in [0.2, 0.25) is 0 Å². The van der Waals surface area contributed by atoms with Crippen molar-refractivity contribution in [3.05, 3.63) is 0 Å². The van der Waals surface area contributed by atoms with Crippen LogP contribution in [0.2, 0.25) is 0 Å². The molecule has 5 heavy (non-hydrogen) atoms. The summed E-state index contributed by atoms with van der Waals surface area (Å²) in [6, 6.07) is 0. The molecule has 0 aliphatic carbocycles. The van der Waals surface area contributed by atoms with Crippen LogP contribution in [0.5, 0.6) is 0 Å². The van der Waals surface area contributed by atoms with Crippen molar-refractivity contribution in [3.8, 4) is 0 Å². The molecule has 1 unspecified atom stereocenters. The molecule has 0 heterocycles. The smallest absolute Gasteiger partial charge is 2.00 e. The molecular formula is H6LaO3P. The van der Waals surface area contributed by atoms with Gasteiger partial charge in [-0.25, -0.2) is 0 Å². The summed E-state index contributed by atoms with van der Waals surface area (Å²) in [6.45, 7) is 0. The molecule has 0 amide bonds. The van der Waals surface area contributed by atoms with E-state index in [0.29, 0.717) is 0 Å². The maximum absolute atomic E-state index is 0. The molecule has 0 aromatic heterocycles. The second kappa shape index (κ2) is 49.3. The minimum absolute atomic E-state index is 0. The minimum atomic E-state index is 0. The molecule has 0 saturated heterocycles. The predicted molar refractivity (Wildman–Crippen MR) is 17.3 cm³/mol. The van der Waals surface area contributed by atoms with Crippen LogP contribution < -0.4 is 0 Å². The molecule has 0 saturated carbocycles. The molecule has 0 aromatic carbocycles. The maximum Gasteiger partial charge on any atom is 3.00 e. The van der Waals surface area contributed by atoms with Crippen molar-refractivity contribution in [1.29, 1.82) is 0 Å². The Labute approximate surface area is 61.7 Å². The van der Waals surface area contributed by atoms with Gasteiger partial charge in [-0.2, -0.15) is 9.90 Å². The Kier molecular flexibility index (Phi) is 859. The van der Waals surface area contributed by atoms with Crippen molar-refractivity contribution in [1.82, 2.24) is 0 Å². The summed E-state index contributed by atoms with van der Waals surface area (Å²) in [5.41, 5.74) is 0. The second-order valence-corrected chi connectivity index (χ2v) is 0. The van der Waals surface area contributed by atoms with Gasteiger partial charge in [0, 0.05) is 0 Å². The van der Waals surface area contributed by atoms with Crippen molar-refractivity contribution < 1.29 is 52.0 Å². The van der Waals surface area contributed by atoms with E-state index >= 15 is 0 Å². The Bertz CT molecular complexity index is 6.85. The molecule has 3 nitrogen and oxygen atoms in total. The first-order valence-corrected chi connectivity index (χ1v) is 0. The van der Waals surface area contributed by atoms with E-state index in [-0.39, 0.29) is 61.9 Å². The van der Waals surface area contributed by atoms with E-state index in [1.807, 2.05) is 0 Å². The Balaban J connectivity index is 0.